The molecule has 0 fully saturated rings. The van der Waals surface area contributed by atoms with Gasteiger partial charge in [0.2, 0.25) is 5.91 Å². The van der Waals surface area contributed by atoms with Crippen molar-refractivity contribution >= 4 is 45.3 Å². The minimum atomic E-state index is -0.0679. The second kappa shape index (κ2) is 8.90. The lowest BCUT2D eigenvalue weighted by Gasteiger charge is -2.06. The van der Waals surface area contributed by atoms with Crippen molar-refractivity contribution in [2.75, 3.05) is 5.32 Å². The van der Waals surface area contributed by atoms with Crippen molar-refractivity contribution in [3.8, 4) is 33.8 Å². The SMILES string of the molecule is CCC(=O)Nc1cncc(-c2cnc3[nH]nc(-c4nc5c(-c6cccc(Cl)c6)cccc5[nH]4)c3c2)c1. The molecule has 0 aliphatic carbocycles. The Hall–Kier alpha value is -4.56. The van der Waals surface area contributed by atoms with E-state index in [9.17, 15) is 4.79 Å². The predicted molar refractivity (Wildman–Crippen MR) is 142 cm³/mol. The highest BCUT2D eigenvalue weighted by Crippen LogP contribution is 2.33. The fraction of sp³-hybridized carbons (Fsp3) is 0.0741. The number of rotatable bonds is 5. The molecule has 0 bridgehead atoms. The molecule has 8 nitrogen and oxygen atoms in total. The highest BCUT2D eigenvalue weighted by molar-refractivity contribution is 6.30. The molecule has 0 saturated heterocycles. The van der Waals surface area contributed by atoms with Crippen LogP contribution in [-0.2, 0) is 4.79 Å². The second-order valence-electron chi connectivity index (χ2n) is 8.35. The van der Waals surface area contributed by atoms with E-state index in [1.165, 1.54) is 0 Å². The number of pyridine rings is 2. The summed E-state index contributed by atoms with van der Waals surface area (Å²) < 4.78 is 0. The molecule has 0 aliphatic heterocycles. The van der Waals surface area contributed by atoms with Crippen LogP contribution >= 0.6 is 11.6 Å². The second-order valence-corrected chi connectivity index (χ2v) is 8.79. The monoisotopic (exact) mass is 493 g/mol. The van der Waals surface area contributed by atoms with E-state index in [0.717, 1.165) is 38.7 Å². The Morgan fingerprint density at radius 1 is 1.00 bits per heavy atom. The van der Waals surface area contributed by atoms with E-state index in [-0.39, 0.29) is 5.91 Å². The Bertz CT molecular complexity index is 1750. The third-order valence-electron chi connectivity index (χ3n) is 5.97. The number of anilines is 1. The van der Waals surface area contributed by atoms with Crippen molar-refractivity contribution in [1.82, 2.24) is 30.1 Å². The first-order valence-corrected chi connectivity index (χ1v) is 11.8. The van der Waals surface area contributed by atoms with Gasteiger partial charge in [0.25, 0.3) is 0 Å². The molecule has 4 aromatic heterocycles. The van der Waals surface area contributed by atoms with Crippen LogP contribution in [0, 0.1) is 0 Å². The summed E-state index contributed by atoms with van der Waals surface area (Å²) >= 11 is 6.23. The molecule has 9 heteroatoms. The molecule has 3 N–H and O–H groups in total. The quantitative estimate of drug-likeness (QED) is 0.263. The van der Waals surface area contributed by atoms with Crippen molar-refractivity contribution in [2.24, 2.45) is 0 Å². The van der Waals surface area contributed by atoms with Crippen LogP contribution in [0.5, 0.6) is 0 Å². The van der Waals surface area contributed by atoms with Gasteiger partial charge in [-0.05, 0) is 35.9 Å². The van der Waals surface area contributed by atoms with E-state index in [0.29, 0.717) is 34.3 Å². The van der Waals surface area contributed by atoms with Crippen LogP contribution in [0.1, 0.15) is 13.3 Å². The third-order valence-corrected chi connectivity index (χ3v) is 6.20. The minimum absolute atomic E-state index is 0.0679. The number of nitrogens with zero attached hydrogens (tertiary/aromatic N) is 4. The lowest BCUT2D eigenvalue weighted by molar-refractivity contribution is -0.115. The third kappa shape index (κ3) is 3.97. The Morgan fingerprint density at radius 3 is 2.72 bits per heavy atom. The van der Waals surface area contributed by atoms with Gasteiger partial charge in [-0.15, -0.1) is 0 Å². The number of imidazole rings is 1. The van der Waals surface area contributed by atoms with Crippen LogP contribution in [0.25, 0.3) is 55.8 Å². The molecule has 0 radical (unpaired) electrons. The van der Waals surface area contributed by atoms with Crippen molar-refractivity contribution in [2.45, 2.75) is 13.3 Å². The maximum absolute atomic E-state index is 11.8. The number of hydrogen-bond donors (Lipinski definition) is 3. The number of aromatic amines is 2. The number of fused-ring (bicyclic) bond motifs is 2. The number of nitrogens with one attached hydrogen (secondary N) is 3. The fourth-order valence-electron chi connectivity index (χ4n) is 4.19. The average molecular weight is 494 g/mol. The maximum atomic E-state index is 11.8. The summed E-state index contributed by atoms with van der Waals surface area (Å²) in [5.41, 5.74) is 7.32. The van der Waals surface area contributed by atoms with Crippen LogP contribution in [0.4, 0.5) is 5.69 Å². The standard InChI is InChI=1S/C27H20ClN7O/c1-2-23(36)31-19-10-16(12-29-14-19)17-11-21-25(34-35-26(21)30-13-17)27-32-22-8-4-7-20(24(22)33-27)15-5-3-6-18(28)9-15/h3-14H,2H2,1H3,(H,31,36)(H,32,33)(H,30,34,35). The van der Waals surface area contributed by atoms with Gasteiger partial charge in [-0.1, -0.05) is 42.8 Å². The normalized spacial score (nSPS) is 11.3. The summed E-state index contributed by atoms with van der Waals surface area (Å²) in [7, 11) is 0. The van der Waals surface area contributed by atoms with Gasteiger partial charge < -0.3 is 10.3 Å². The van der Waals surface area contributed by atoms with Gasteiger partial charge in [-0.2, -0.15) is 5.10 Å². The Morgan fingerprint density at radius 2 is 1.86 bits per heavy atom. The molecule has 0 aliphatic rings. The van der Waals surface area contributed by atoms with Crippen molar-refractivity contribution in [3.05, 3.63) is 78.2 Å². The summed E-state index contributed by atoms with van der Waals surface area (Å²) in [4.78, 5) is 28.9. The Labute approximate surface area is 210 Å². The van der Waals surface area contributed by atoms with E-state index >= 15 is 0 Å². The zero-order valence-electron chi connectivity index (χ0n) is 19.2. The molecular formula is C27H20ClN7O. The topological polar surface area (TPSA) is 112 Å². The predicted octanol–water partition coefficient (Wildman–Crippen LogP) is 6.23. The summed E-state index contributed by atoms with van der Waals surface area (Å²) in [5, 5.41) is 11.8. The number of para-hydroxylation sites is 1. The first-order valence-electron chi connectivity index (χ1n) is 11.4. The molecule has 2 aromatic carbocycles. The lowest BCUT2D eigenvalue weighted by atomic mass is 10.0. The van der Waals surface area contributed by atoms with E-state index in [2.05, 4.69) is 30.5 Å². The van der Waals surface area contributed by atoms with Gasteiger partial charge in [0, 0.05) is 40.5 Å². The minimum Gasteiger partial charge on any atom is -0.337 e. The van der Waals surface area contributed by atoms with Gasteiger partial charge >= 0.3 is 0 Å². The number of aromatic nitrogens is 6. The molecule has 0 atom stereocenters. The number of benzene rings is 2. The largest absolute Gasteiger partial charge is 0.337 e. The molecule has 4 heterocycles. The van der Waals surface area contributed by atoms with Crippen LogP contribution in [0.3, 0.4) is 0 Å². The van der Waals surface area contributed by atoms with Crippen molar-refractivity contribution in [3.63, 3.8) is 0 Å². The first kappa shape index (κ1) is 21.9. The highest BCUT2D eigenvalue weighted by atomic mass is 35.5. The van der Waals surface area contributed by atoms with Gasteiger partial charge in [0.15, 0.2) is 11.5 Å². The van der Waals surface area contributed by atoms with Gasteiger partial charge in [0.1, 0.15) is 5.69 Å². The van der Waals surface area contributed by atoms with Gasteiger partial charge in [-0.3, -0.25) is 14.9 Å². The molecule has 6 aromatic rings. The number of amides is 1. The first-order chi connectivity index (χ1) is 17.6. The van der Waals surface area contributed by atoms with Crippen molar-refractivity contribution < 1.29 is 4.79 Å². The van der Waals surface area contributed by atoms with Crippen molar-refractivity contribution in [1.29, 1.82) is 0 Å². The summed E-state index contributed by atoms with van der Waals surface area (Å²) in [6.45, 7) is 1.81. The smallest absolute Gasteiger partial charge is 0.224 e. The molecule has 36 heavy (non-hydrogen) atoms. The highest BCUT2D eigenvalue weighted by Gasteiger charge is 2.17. The summed E-state index contributed by atoms with van der Waals surface area (Å²) in [5.74, 6) is 0.563. The lowest BCUT2D eigenvalue weighted by Crippen LogP contribution is -2.09. The maximum Gasteiger partial charge on any atom is 0.224 e. The van der Waals surface area contributed by atoms with E-state index in [1.54, 1.807) is 25.5 Å². The van der Waals surface area contributed by atoms with Gasteiger partial charge in [0.05, 0.1) is 28.3 Å². The van der Waals surface area contributed by atoms with Gasteiger partial charge in [-0.25, -0.2) is 9.97 Å². The van der Waals surface area contributed by atoms with E-state index in [1.807, 2.05) is 54.6 Å². The van der Waals surface area contributed by atoms with E-state index in [4.69, 9.17) is 16.6 Å². The zero-order valence-corrected chi connectivity index (χ0v) is 20.0. The van der Waals surface area contributed by atoms with Crippen LogP contribution in [-0.4, -0.2) is 36.0 Å². The van der Waals surface area contributed by atoms with E-state index < -0.39 is 0 Å². The van der Waals surface area contributed by atoms with Crippen LogP contribution in [0.2, 0.25) is 5.02 Å². The molecule has 0 unspecified atom stereocenters. The van der Waals surface area contributed by atoms with Crippen LogP contribution in [0.15, 0.2) is 73.2 Å². The zero-order chi connectivity index (χ0) is 24.6. The number of H-pyrrole nitrogens is 2. The molecule has 6 rings (SSSR count). The summed E-state index contributed by atoms with van der Waals surface area (Å²) in [6, 6.07) is 17.6. The fourth-order valence-corrected chi connectivity index (χ4v) is 4.38. The molecule has 176 valence electrons. The summed E-state index contributed by atoms with van der Waals surface area (Å²) in [6.07, 6.45) is 5.51. The number of hydrogen-bond acceptors (Lipinski definition) is 5. The molecular weight excluding hydrogens is 474 g/mol. The van der Waals surface area contributed by atoms with Crippen LogP contribution < -0.4 is 5.32 Å². The molecule has 1 amide bonds. The number of halogens is 1. The Kier molecular flexibility index (Phi) is 5.42. The number of carbonyl (C=O) groups excluding carboxylic acids is 1. The average Bonchev–Trinajstić information content (AvgIpc) is 3.52. The molecule has 0 spiro atoms. The molecule has 0 saturated carbocycles. The number of carbonyl (C=O) groups is 1. The Balaban J connectivity index is 1.43.